The molecule has 0 amide bonds. The molecule has 0 spiro atoms. The van der Waals surface area contributed by atoms with Crippen LogP contribution in [0.5, 0.6) is 0 Å². The third kappa shape index (κ3) is 3.73. The first-order valence-corrected chi connectivity index (χ1v) is 5.71. The van der Waals surface area contributed by atoms with Gasteiger partial charge in [-0.15, -0.1) is 6.58 Å². The van der Waals surface area contributed by atoms with E-state index in [2.05, 4.69) is 6.58 Å². The van der Waals surface area contributed by atoms with Crippen molar-refractivity contribution in [2.45, 2.75) is 6.54 Å². The highest BCUT2D eigenvalue weighted by atomic mass is 32.1. The van der Waals surface area contributed by atoms with E-state index in [0.717, 1.165) is 16.9 Å². The van der Waals surface area contributed by atoms with Crippen molar-refractivity contribution in [1.29, 1.82) is 0 Å². The maximum absolute atomic E-state index is 10.5. The molecular weight excluding hydrogens is 228 g/mol. The average Bonchev–Trinajstić information content (AvgIpc) is 2.67. The highest BCUT2D eigenvalue weighted by Gasteiger charge is 2.11. The lowest BCUT2D eigenvalue weighted by Gasteiger charge is -2.18. The zero-order chi connectivity index (χ0) is 12.0. The summed E-state index contributed by atoms with van der Waals surface area (Å²) in [5.41, 5.74) is 0.895. The van der Waals surface area contributed by atoms with Crippen molar-refractivity contribution in [1.82, 2.24) is 4.90 Å². The molecule has 0 aromatic carbocycles. The molecular formula is C10H14N2O3S. The number of nitro groups is 1. The molecule has 0 atom stereocenters. The number of rotatable bonds is 7. The van der Waals surface area contributed by atoms with Gasteiger partial charge in [0, 0.05) is 31.1 Å². The maximum Gasteiger partial charge on any atom is 0.324 e. The topological polar surface area (TPSA) is 66.6 Å². The Bertz CT molecular complexity index is 365. The number of aliphatic hydroxyl groups is 1. The van der Waals surface area contributed by atoms with E-state index < -0.39 is 4.92 Å². The molecule has 0 saturated heterocycles. The zero-order valence-corrected chi connectivity index (χ0v) is 9.65. The quantitative estimate of drug-likeness (QED) is 0.448. The number of hydrogen-bond acceptors (Lipinski definition) is 5. The lowest BCUT2D eigenvalue weighted by Crippen LogP contribution is -2.26. The standard InChI is InChI=1S/C10H14N2O3S/c1-2-3-11(4-5-13)7-9-6-10(12(14)15)16-8-9/h2,6,8,13H,1,3-5,7H2. The van der Waals surface area contributed by atoms with Gasteiger partial charge in [0.2, 0.25) is 0 Å². The van der Waals surface area contributed by atoms with Crippen LogP contribution in [0.1, 0.15) is 5.56 Å². The Morgan fingerprint density at radius 2 is 2.44 bits per heavy atom. The number of aliphatic hydroxyl groups excluding tert-OH is 1. The van der Waals surface area contributed by atoms with E-state index in [-0.39, 0.29) is 11.6 Å². The molecule has 1 aromatic heterocycles. The molecule has 1 heterocycles. The molecule has 0 bridgehead atoms. The monoisotopic (exact) mass is 242 g/mol. The first kappa shape index (κ1) is 12.8. The first-order valence-electron chi connectivity index (χ1n) is 4.83. The molecule has 0 fully saturated rings. The number of thiophene rings is 1. The molecule has 1 rings (SSSR count). The first-order chi connectivity index (χ1) is 7.67. The van der Waals surface area contributed by atoms with Crippen LogP contribution in [0.3, 0.4) is 0 Å². The largest absolute Gasteiger partial charge is 0.395 e. The van der Waals surface area contributed by atoms with E-state index in [4.69, 9.17) is 5.11 Å². The van der Waals surface area contributed by atoms with Crippen LogP contribution in [0.15, 0.2) is 24.1 Å². The van der Waals surface area contributed by atoms with Gasteiger partial charge in [-0.25, -0.2) is 0 Å². The van der Waals surface area contributed by atoms with Gasteiger partial charge in [-0.3, -0.25) is 15.0 Å². The van der Waals surface area contributed by atoms with Crippen LogP contribution in [0.25, 0.3) is 0 Å². The molecule has 16 heavy (non-hydrogen) atoms. The van der Waals surface area contributed by atoms with Crippen LogP contribution in [-0.4, -0.2) is 34.6 Å². The lowest BCUT2D eigenvalue weighted by molar-refractivity contribution is -0.380. The van der Waals surface area contributed by atoms with Gasteiger partial charge >= 0.3 is 5.00 Å². The smallest absolute Gasteiger partial charge is 0.324 e. The second-order valence-electron chi connectivity index (χ2n) is 3.30. The normalized spacial score (nSPS) is 10.6. The predicted octanol–water partition coefficient (Wildman–Crippen LogP) is 1.64. The molecule has 88 valence electrons. The van der Waals surface area contributed by atoms with E-state index in [1.54, 1.807) is 17.5 Å². The molecule has 0 aliphatic heterocycles. The van der Waals surface area contributed by atoms with Crippen molar-refractivity contribution in [3.05, 3.63) is 39.8 Å². The van der Waals surface area contributed by atoms with Crippen molar-refractivity contribution in [3.63, 3.8) is 0 Å². The fourth-order valence-corrected chi connectivity index (χ4v) is 2.08. The summed E-state index contributed by atoms with van der Waals surface area (Å²) in [6.45, 7) is 5.49. The van der Waals surface area contributed by atoms with Crippen molar-refractivity contribution in [2.75, 3.05) is 19.7 Å². The van der Waals surface area contributed by atoms with Crippen LogP contribution >= 0.6 is 11.3 Å². The van der Waals surface area contributed by atoms with Gasteiger partial charge in [-0.05, 0) is 5.56 Å². The van der Waals surface area contributed by atoms with Crippen molar-refractivity contribution in [3.8, 4) is 0 Å². The molecule has 0 aliphatic rings. The van der Waals surface area contributed by atoms with Gasteiger partial charge in [0.05, 0.1) is 11.5 Å². The Kier molecular flexibility index (Phi) is 5.10. The Morgan fingerprint density at radius 1 is 1.69 bits per heavy atom. The third-order valence-electron chi connectivity index (χ3n) is 2.03. The number of hydrogen-bond donors (Lipinski definition) is 1. The summed E-state index contributed by atoms with van der Waals surface area (Å²) in [5, 5.41) is 21.3. The highest BCUT2D eigenvalue weighted by molar-refractivity contribution is 7.13. The predicted molar refractivity (Wildman–Crippen MR) is 63.5 cm³/mol. The summed E-state index contributed by atoms with van der Waals surface area (Å²) in [6, 6.07) is 1.57. The Morgan fingerprint density at radius 3 is 2.94 bits per heavy atom. The fourth-order valence-electron chi connectivity index (χ4n) is 1.36. The number of nitrogens with zero attached hydrogens (tertiary/aromatic N) is 2. The fraction of sp³-hybridized carbons (Fsp3) is 0.400. The molecule has 6 heteroatoms. The van der Waals surface area contributed by atoms with Crippen LogP contribution in [-0.2, 0) is 6.54 Å². The van der Waals surface area contributed by atoms with Crippen molar-refractivity contribution >= 4 is 16.3 Å². The van der Waals surface area contributed by atoms with Crippen LogP contribution in [0.4, 0.5) is 5.00 Å². The van der Waals surface area contributed by atoms with Crippen LogP contribution in [0, 0.1) is 10.1 Å². The molecule has 0 saturated carbocycles. The van der Waals surface area contributed by atoms with Crippen molar-refractivity contribution < 1.29 is 10.0 Å². The van der Waals surface area contributed by atoms with Crippen molar-refractivity contribution in [2.24, 2.45) is 0 Å². The Balaban J connectivity index is 2.61. The summed E-state index contributed by atoms with van der Waals surface area (Å²) in [5.74, 6) is 0. The summed E-state index contributed by atoms with van der Waals surface area (Å²) >= 11 is 1.12. The van der Waals surface area contributed by atoms with E-state index in [1.165, 1.54) is 0 Å². The van der Waals surface area contributed by atoms with Gasteiger partial charge in [0.1, 0.15) is 0 Å². The van der Waals surface area contributed by atoms with Crippen LogP contribution in [0.2, 0.25) is 0 Å². The van der Waals surface area contributed by atoms with E-state index in [9.17, 15) is 10.1 Å². The molecule has 5 nitrogen and oxygen atoms in total. The third-order valence-corrected chi connectivity index (χ3v) is 2.96. The summed E-state index contributed by atoms with van der Waals surface area (Å²) in [6.07, 6.45) is 1.75. The van der Waals surface area contributed by atoms with E-state index in [1.807, 2.05) is 4.90 Å². The SMILES string of the molecule is C=CCN(CCO)Cc1csc([N+](=O)[O-])c1. The minimum Gasteiger partial charge on any atom is -0.395 e. The molecule has 1 N–H and O–H groups in total. The van der Waals surface area contributed by atoms with Gasteiger partial charge in [0.25, 0.3) is 0 Å². The average molecular weight is 242 g/mol. The molecule has 0 unspecified atom stereocenters. The minimum absolute atomic E-state index is 0.0695. The minimum atomic E-state index is -0.391. The molecule has 0 radical (unpaired) electrons. The van der Waals surface area contributed by atoms with Gasteiger partial charge < -0.3 is 5.11 Å². The molecule has 0 aliphatic carbocycles. The maximum atomic E-state index is 10.5. The van der Waals surface area contributed by atoms with Gasteiger partial charge in [-0.1, -0.05) is 17.4 Å². The zero-order valence-electron chi connectivity index (χ0n) is 8.83. The van der Waals surface area contributed by atoms with Gasteiger partial charge in [0.15, 0.2) is 0 Å². The van der Waals surface area contributed by atoms with Crippen LogP contribution < -0.4 is 0 Å². The second kappa shape index (κ2) is 6.37. The van der Waals surface area contributed by atoms with E-state index >= 15 is 0 Å². The molecule has 1 aromatic rings. The highest BCUT2D eigenvalue weighted by Crippen LogP contribution is 2.23. The Hall–Kier alpha value is -1.24. The van der Waals surface area contributed by atoms with E-state index in [0.29, 0.717) is 19.6 Å². The van der Waals surface area contributed by atoms with Gasteiger partial charge in [-0.2, -0.15) is 0 Å². The Labute approximate surface area is 97.8 Å². The summed E-state index contributed by atoms with van der Waals surface area (Å²) in [4.78, 5) is 12.1. The second-order valence-corrected chi connectivity index (χ2v) is 4.19. The summed E-state index contributed by atoms with van der Waals surface area (Å²) in [7, 11) is 0. The lowest BCUT2D eigenvalue weighted by atomic mass is 10.3. The summed E-state index contributed by atoms with van der Waals surface area (Å²) < 4.78 is 0.